The van der Waals surface area contributed by atoms with E-state index in [4.69, 9.17) is 23.2 Å². The van der Waals surface area contributed by atoms with Gasteiger partial charge in [-0.2, -0.15) is 0 Å². The van der Waals surface area contributed by atoms with E-state index in [1.54, 1.807) is 0 Å². The first-order valence-corrected chi connectivity index (χ1v) is 4.51. The molecule has 0 N–H and O–H groups in total. The SMILES string of the molecule is [CH2]c1c(Cl)nc2ccccc2c1Cl. The molecule has 0 aliphatic carbocycles. The van der Waals surface area contributed by atoms with Crippen molar-refractivity contribution in [1.29, 1.82) is 0 Å². The zero-order chi connectivity index (χ0) is 9.42. The van der Waals surface area contributed by atoms with Crippen LogP contribution in [0.2, 0.25) is 10.2 Å². The van der Waals surface area contributed by atoms with Gasteiger partial charge in [0.1, 0.15) is 5.15 Å². The van der Waals surface area contributed by atoms with E-state index in [0.29, 0.717) is 15.7 Å². The van der Waals surface area contributed by atoms with Crippen LogP contribution in [-0.2, 0) is 0 Å². The van der Waals surface area contributed by atoms with Gasteiger partial charge in [-0.1, -0.05) is 41.4 Å². The highest BCUT2D eigenvalue weighted by molar-refractivity contribution is 6.39. The topological polar surface area (TPSA) is 12.9 Å². The Morgan fingerprint density at radius 2 is 1.85 bits per heavy atom. The molecule has 1 aromatic heterocycles. The van der Waals surface area contributed by atoms with E-state index < -0.39 is 0 Å². The van der Waals surface area contributed by atoms with Gasteiger partial charge >= 0.3 is 0 Å². The summed E-state index contributed by atoms with van der Waals surface area (Å²) in [4.78, 5) is 4.15. The predicted octanol–water partition coefficient (Wildman–Crippen LogP) is 3.72. The molecular weight excluding hydrogens is 205 g/mol. The van der Waals surface area contributed by atoms with Gasteiger partial charge in [0.15, 0.2) is 0 Å². The average Bonchev–Trinajstić information content (AvgIpc) is 2.15. The van der Waals surface area contributed by atoms with Gasteiger partial charge in [-0.05, 0) is 13.0 Å². The third-order valence-electron chi connectivity index (χ3n) is 1.87. The summed E-state index contributed by atoms with van der Waals surface area (Å²) in [6.07, 6.45) is 0. The molecule has 0 amide bonds. The maximum atomic E-state index is 6.04. The summed E-state index contributed by atoms with van der Waals surface area (Å²) in [5.41, 5.74) is 1.38. The molecule has 0 bridgehead atoms. The van der Waals surface area contributed by atoms with Crippen LogP contribution < -0.4 is 0 Å². The van der Waals surface area contributed by atoms with Crippen LogP contribution in [0.15, 0.2) is 24.3 Å². The molecule has 0 saturated carbocycles. The summed E-state index contributed by atoms with van der Waals surface area (Å²) in [5.74, 6) is 0. The summed E-state index contributed by atoms with van der Waals surface area (Å²) in [5, 5.41) is 1.83. The quantitative estimate of drug-likeness (QED) is 0.605. The highest BCUT2D eigenvalue weighted by Gasteiger charge is 2.06. The molecule has 2 rings (SSSR count). The minimum Gasteiger partial charge on any atom is -0.236 e. The molecule has 1 nitrogen and oxygen atoms in total. The Kier molecular flexibility index (Phi) is 2.14. The van der Waals surface area contributed by atoms with Crippen LogP contribution in [0.5, 0.6) is 0 Å². The first-order chi connectivity index (χ1) is 6.20. The number of fused-ring (bicyclic) bond motifs is 1. The molecular formula is C10H6Cl2N. The van der Waals surface area contributed by atoms with Crippen molar-refractivity contribution >= 4 is 34.1 Å². The van der Waals surface area contributed by atoms with E-state index in [-0.39, 0.29) is 0 Å². The highest BCUT2D eigenvalue weighted by atomic mass is 35.5. The summed E-state index contributed by atoms with van der Waals surface area (Å²) in [7, 11) is 0. The van der Waals surface area contributed by atoms with Crippen molar-refractivity contribution in [2.45, 2.75) is 0 Å². The van der Waals surface area contributed by atoms with Crippen LogP contribution in [0.3, 0.4) is 0 Å². The van der Waals surface area contributed by atoms with Gasteiger partial charge in [-0.15, -0.1) is 0 Å². The van der Waals surface area contributed by atoms with Crippen LogP contribution in [0.25, 0.3) is 10.9 Å². The molecule has 0 spiro atoms. The number of rotatable bonds is 0. The standard InChI is InChI=1S/C10H6Cl2N/c1-6-9(11)7-4-2-3-5-8(7)13-10(6)12/h2-5H,1H2. The number of aromatic nitrogens is 1. The molecule has 0 saturated heterocycles. The number of para-hydroxylation sites is 1. The van der Waals surface area contributed by atoms with E-state index in [1.807, 2.05) is 24.3 Å². The normalized spacial score (nSPS) is 10.7. The Morgan fingerprint density at radius 1 is 1.15 bits per heavy atom. The van der Waals surface area contributed by atoms with Crippen LogP contribution in [0, 0.1) is 6.92 Å². The van der Waals surface area contributed by atoms with Gasteiger partial charge in [-0.3, -0.25) is 0 Å². The number of pyridine rings is 1. The fourth-order valence-corrected chi connectivity index (χ4v) is 1.67. The lowest BCUT2D eigenvalue weighted by atomic mass is 10.2. The van der Waals surface area contributed by atoms with Crippen molar-refractivity contribution in [2.75, 3.05) is 0 Å². The maximum absolute atomic E-state index is 6.04. The minimum absolute atomic E-state index is 0.365. The van der Waals surface area contributed by atoms with Crippen molar-refractivity contribution in [1.82, 2.24) is 4.98 Å². The summed E-state index contributed by atoms with van der Waals surface area (Å²) < 4.78 is 0. The molecule has 0 aliphatic rings. The Labute approximate surface area is 86.3 Å². The average molecular weight is 211 g/mol. The highest BCUT2D eigenvalue weighted by Crippen LogP contribution is 2.29. The Hall–Kier alpha value is -0.790. The number of benzene rings is 1. The number of halogens is 2. The number of nitrogens with zero attached hydrogens (tertiary/aromatic N) is 1. The van der Waals surface area contributed by atoms with Crippen molar-refractivity contribution in [3.8, 4) is 0 Å². The molecule has 0 unspecified atom stereocenters. The van der Waals surface area contributed by atoms with Gasteiger partial charge in [0, 0.05) is 10.9 Å². The second-order valence-corrected chi connectivity index (χ2v) is 3.45. The smallest absolute Gasteiger partial charge is 0.134 e. The summed E-state index contributed by atoms with van der Waals surface area (Å²) in [6.45, 7) is 3.74. The molecule has 1 aromatic carbocycles. The van der Waals surface area contributed by atoms with Crippen LogP contribution in [-0.4, -0.2) is 4.98 Å². The Bertz CT molecular complexity index is 466. The monoisotopic (exact) mass is 210 g/mol. The van der Waals surface area contributed by atoms with Gasteiger partial charge in [0.25, 0.3) is 0 Å². The first kappa shape index (κ1) is 8.79. The van der Waals surface area contributed by atoms with E-state index in [9.17, 15) is 0 Å². The van der Waals surface area contributed by atoms with Gasteiger partial charge < -0.3 is 0 Å². The van der Waals surface area contributed by atoms with Gasteiger partial charge in [-0.25, -0.2) is 4.98 Å². The lowest BCUT2D eigenvalue weighted by Crippen LogP contribution is -1.86. The van der Waals surface area contributed by atoms with E-state index >= 15 is 0 Å². The molecule has 0 aliphatic heterocycles. The van der Waals surface area contributed by atoms with Crippen molar-refractivity contribution < 1.29 is 0 Å². The molecule has 1 heterocycles. The molecule has 0 fully saturated rings. The zero-order valence-electron chi connectivity index (χ0n) is 6.72. The van der Waals surface area contributed by atoms with Crippen LogP contribution in [0.1, 0.15) is 5.56 Å². The second kappa shape index (κ2) is 3.17. The third-order valence-corrected chi connectivity index (χ3v) is 2.62. The fraction of sp³-hybridized carbons (Fsp3) is 0. The lowest BCUT2D eigenvalue weighted by molar-refractivity contribution is 1.38. The molecule has 2 aromatic rings. The molecule has 0 atom stereocenters. The predicted molar refractivity (Wildman–Crippen MR) is 56.2 cm³/mol. The number of hydrogen-bond donors (Lipinski definition) is 0. The molecule has 65 valence electrons. The fourth-order valence-electron chi connectivity index (χ4n) is 1.18. The molecule has 3 heteroatoms. The number of hydrogen-bond acceptors (Lipinski definition) is 1. The molecule has 13 heavy (non-hydrogen) atoms. The van der Waals surface area contributed by atoms with Gasteiger partial charge in [0.05, 0.1) is 10.5 Å². The van der Waals surface area contributed by atoms with Gasteiger partial charge in [0.2, 0.25) is 0 Å². The van der Waals surface area contributed by atoms with E-state index in [1.165, 1.54) is 0 Å². The molecule has 1 radical (unpaired) electrons. The second-order valence-electron chi connectivity index (χ2n) is 2.71. The summed E-state index contributed by atoms with van der Waals surface area (Å²) >= 11 is 11.9. The van der Waals surface area contributed by atoms with Crippen LogP contribution in [0.4, 0.5) is 0 Å². The Balaban J connectivity index is 2.94. The van der Waals surface area contributed by atoms with Crippen molar-refractivity contribution in [2.24, 2.45) is 0 Å². The zero-order valence-corrected chi connectivity index (χ0v) is 8.23. The minimum atomic E-state index is 0.365. The van der Waals surface area contributed by atoms with Crippen LogP contribution >= 0.6 is 23.2 Å². The first-order valence-electron chi connectivity index (χ1n) is 3.76. The van der Waals surface area contributed by atoms with E-state index in [0.717, 1.165) is 10.9 Å². The van der Waals surface area contributed by atoms with Crippen molar-refractivity contribution in [3.05, 3.63) is 46.9 Å². The van der Waals surface area contributed by atoms with E-state index in [2.05, 4.69) is 11.9 Å². The maximum Gasteiger partial charge on any atom is 0.134 e. The third kappa shape index (κ3) is 1.38. The summed E-state index contributed by atoms with van der Waals surface area (Å²) in [6, 6.07) is 7.57. The largest absolute Gasteiger partial charge is 0.236 e. The lowest BCUT2D eigenvalue weighted by Gasteiger charge is -2.04. The Morgan fingerprint density at radius 3 is 2.62 bits per heavy atom. The van der Waals surface area contributed by atoms with Crippen molar-refractivity contribution in [3.63, 3.8) is 0 Å².